The summed E-state index contributed by atoms with van der Waals surface area (Å²) in [5.74, 6) is 0.374. The molecular formula is C20H26O5S. The largest absolute Gasteiger partial charge is 0.506 e. The van der Waals surface area contributed by atoms with Crippen LogP contribution in [0, 0.1) is 0 Å². The van der Waals surface area contributed by atoms with Gasteiger partial charge in [-0.1, -0.05) is 57.2 Å². The summed E-state index contributed by atoms with van der Waals surface area (Å²) in [5.41, 5.74) is 1.05. The van der Waals surface area contributed by atoms with Crippen LogP contribution in [0.4, 0.5) is 0 Å². The van der Waals surface area contributed by atoms with E-state index >= 15 is 0 Å². The van der Waals surface area contributed by atoms with Gasteiger partial charge in [-0.3, -0.25) is 4.55 Å². The van der Waals surface area contributed by atoms with Crippen molar-refractivity contribution in [1.29, 1.82) is 0 Å². The first-order chi connectivity index (χ1) is 12.4. The van der Waals surface area contributed by atoms with Gasteiger partial charge in [-0.05, 0) is 36.6 Å². The summed E-state index contributed by atoms with van der Waals surface area (Å²) in [7, 11) is -4.51. The van der Waals surface area contributed by atoms with Crippen LogP contribution in [0.1, 0.15) is 51.0 Å². The van der Waals surface area contributed by atoms with Crippen molar-refractivity contribution in [3.8, 4) is 17.2 Å². The second-order valence-electron chi connectivity index (χ2n) is 6.33. The fourth-order valence-corrected chi connectivity index (χ4v) is 3.39. The number of hydrogen-bond donors (Lipinski definition) is 2. The second-order valence-corrected chi connectivity index (χ2v) is 7.72. The van der Waals surface area contributed by atoms with Crippen molar-refractivity contribution in [2.24, 2.45) is 0 Å². The number of unbranched alkanes of at least 4 members (excludes halogenated alkanes) is 5. The highest BCUT2D eigenvalue weighted by molar-refractivity contribution is 7.86. The molecule has 0 aliphatic heterocycles. The summed E-state index contributed by atoms with van der Waals surface area (Å²) in [4.78, 5) is -0.566. The Bertz CT molecular complexity index is 815. The molecule has 0 aliphatic carbocycles. The zero-order valence-corrected chi connectivity index (χ0v) is 15.8. The van der Waals surface area contributed by atoms with E-state index < -0.39 is 20.8 Å². The quantitative estimate of drug-likeness (QED) is 0.431. The molecule has 5 nitrogen and oxygen atoms in total. The van der Waals surface area contributed by atoms with E-state index in [4.69, 9.17) is 4.74 Å². The summed E-state index contributed by atoms with van der Waals surface area (Å²) in [6.07, 6.45) is 8.11. The van der Waals surface area contributed by atoms with Gasteiger partial charge in [0.05, 0.1) is 0 Å². The molecule has 0 bridgehead atoms. The van der Waals surface area contributed by atoms with Gasteiger partial charge in [-0.25, -0.2) is 0 Å². The fourth-order valence-electron chi connectivity index (χ4n) is 2.80. The van der Waals surface area contributed by atoms with E-state index in [0.29, 0.717) is 5.75 Å². The van der Waals surface area contributed by atoms with Crippen LogP contribution in [0.25, 0.3) is 0 Å². The van der Waals surface area contributed by atoms with Crippen molar-refractivity contribution in [1.82, 2.24) is 0 Å². The molecular weight excluding hydrogens is 352 g/mol. The zero-order chi connectivity index (χ0) is 19.0. The van der Waals surface area contributed by atoms with Crippen LogP contribution in [-0.2, 0) is 16.5 Å². The number of aromatic hydroxyl groups is 1. The van der Waals surface area contributed by atoms with Crippen LogP contribution >= 0.6 is 0 Å². The van der Waals surface area contributed by atoms with Gasteiger partial charge in [-0.2, -0.15) is 8.42 Å². The molecule has 0 amide bonds. The number of hydrogen-bond acceptors (Lipinski definition) is 4. The molecule has 142 valence electrons. The third-order valence-corrected chi connectivity index (χ3v) is 5.09. The van der Waals surface area contributed by atoms with Crippen molar-refractivity contribution in [3.63, 3.8) is 0 Å². The molecule has 2 rings (SSSR count). The van der Waals surface area contributed by atoms with Gasteiger partial charge in [0.15, 0.2) is 0 Å². The number of rotatable bonds is 10. The van der Waals surface area contributed by atoms with E-state index in [1.807, 2.05) is 24.3 Å². The first kappa shape index (κ1) is 20.3. The average molecular weight is 378 g/mol. The van der Waals surface area contributed by atoms with Gasteiger partial charge < -0.3 is 9.84 Å². The molecule has 2 N–H and O–H groups in total. The SMILES string of the molecule is CCCCCCCCc1ccccc1Oc1ccc(O)c(S(=O)(=O)O)c1. The van der Waals surface area contributed by atoms with Crippen LogP contribution in [0.2, 0.25) is 0 Å². The highest BCUT2D eigenvalue weighted by Crippen LogP contribution is 2.31. The van der Waals surface area contributed by atoms with Crippen molar-refractivity contribution in [2.75, 3.05) is 0 Å². The first-order valence-electron chi connectivity index (χ1n) is 8.98. The number of aryl methyl sites for hydroxylation is 1. The molecule has 26 heavy (non-hydrogen) atoms. The van der Waals surface area contributed by atoms with Gasteiger partial charge in [0.1, 0.15) is 22.1 Å². The van der Waals surface area contributed by atoms with Crippen LogP contribution in [-0.4, -0.2) is 18.1 Å². The molecule has 0 saturated carbocycles. The number of phenols is 1. The van der Waals surface area contributed by atoms with Crippen LogP contribution in [0.15, 0.2) is 47.4 Å². The molecule has 0 aromatic heterocycles. The van der Waals surface area contributed by atoms with E-state index in [1.165, 1.54) is 44.2 Å². The van der Waals surface area contributed by atoms with Gasteiger partial charge in [0.25, 0.3) is 10.1 Å². The molecule has 0 spiro atoms. The van der Waals surface area contributed by atoms with Gasteiger partial charge in [0, 0.05) is 6.07 Å². The van der Waals surface area contributed by atoms with E-state index in [9.17, 15) is 18.1 Å². The predicted octanol–water partition coefficient (Wildman–Crippen LogP) is 5.33. The highest BCUT2D eigenvalue weighted by atomic mass is 32.2. The molecule has 0 saturated heterocycles. The minimum atomic E-state index is -4.51. The Morgan fingerprint density at radius 1 is 0.962 bits per heavy atom. The summed E-state index contributed by atoms with van der Waals surface area (Å²) in [6.45, 7) is 2.20. The van der Waals surface area contributed by atoms with Crippen molar-refractivity contribution >= 4 is 10.1 Å². The maximum atomic E-state index is 11.3. The highest BCUT2D eigenvalue weighted by Gasteiger charge is 2.17. The molecule has 0 atom stereocenters. The predicted molar refractivity (Wildman–Crippen MR) is 102 cm³/mol. The third-order valence-electron chi connectivity index (χ3n) is 4.21. The van der Waals surface area contributed by atoms with Crippen molar-refractivity contribution in [2.45, 2.75) is 56.8 Å². The Morgan fingerprint density at radius 2 is 1.65 bits per heavy atom. The van der Waals surface area contributed by atoms with E-state index in [-0.39, 0.29) is 5.75 Å². The molecule has 6 heteroatoms. The monoisotopic (exact) mass is 378 g/mol. The van der Waals surface area contributed by atoms with Crippen LogP contribution in [0.3, 0.4) is 0 Å². The van der Waals surface area contributed by atoms with Crippen LogP contribution < -0.4 is 4.74 Å². The minimum absolute atomic E-state index is 0.242. The normalized spacial score (nSPS) is 11.5. The smallest absolute Gasteiger partial charge is 0.298 e. The van der Waals surface area contributed by atoms with Gasteiger partial charge in [0.2, 0.25) is 0 Å². The lowest BCUT2D eigenvalue weighted by molar-refractivity contribution is 0.434. The Balaban J connectivity index is 2.06. The Hall–Kier alpha value is -2.05. The lowest BCUT2D eigenvalue weighted by atomic mass is 10.0. The van der Waals surface area contributed by atoms with Crippen LogP contribution in [0.5, 0.6) is 17.2 Å². The minimum Gasteiger partial charge on any atom is -0.506 e. The second kappa shape index (κ2) is 9.59. The topological polar surface area (TPSA) is 83.8 Å². The van der Waals surface area contributed by atoms with Crippen molar-refractivity contribution in [3.05, 3.63) is 48.0 Å². The van der Waals surface area contributed by atoms with Gasteiger partial charge in [-0.15, -0.1) is 0 Å². The zero-order valence-electron chi connectivity index (χ0n) is 15.0. The Labute approximate surface area is 155 Å². The fraction of sp³-hybridized carbons (Fsp3) is 0.400. The average Bonchev–Trinajstić information content (AvgIpc) is 2.60. The summed E-state index contributed by atoms with van der Waals surface area (Å²) in [6, 6.07) is 11.4. The number of phenolic OH excluding ortho intramolecular Hbond substituents is 1. The van der Waals surface area contributed by atoms with Gasteiger partial charge >= 0.3 is 0 Å². The van der Waals surface area contributed by atoms with E-state index in [1.54, 1.807) is 0 Å². The Morgan fingerprint density at radius 3 is 2.38 bits per heavy atom. The standard InChI is InChI=1S/C20H26O5S/c1-2-3-4-5-6-7-10-16-11-8-9-12-19(16)25-17-13-14-18(21)20(15-17)26(22,23)24/h8-9,11-15,21H,2-7,10H2,1H3,(H,22,23,24). The lowest BCUT2D eigenvalue weighted by Gasteiger charge is -2.12. The van der Waals surface area contributed by atoms with E-state index in [2.05, 4.69) is 6.92 Å². The maximum absolute atomic E-state index is 11.3. The van der Waals surface area contributed by atoms with Crippen molar-refractivity contribution < 1.29 is 22.8 Å². The van der Waals surface area contributed by atoms with E-state index in [0.717, 1.165) is 24.5 Å². The number of para-hydroxylation sites is 1. The molecule has 0 fully saturated rings. The third kappa shape index (κ3) is 6.04. The first-order valence-corrected chi connectivity index (χ1v) is 10.4. The molecule has 0 aliphatic rings. The summed E-state index contributed by atoms with van der Waals surface area (Å²) >= 11 is 0. The number of ether oxygens (including phenoxy) is 1. The molecule has 0 heterocycles. The molecule has 0 unspecified atom stereocenters. The molecule has 2 aromatic carbocycles. The molecule has 0 radical (unpaired) electrons. The maximum Gasteiger partial charge on any atom is 0.298 e. The lowest BCUT2D eigenvalue weighted by Crippen LogP contribution is -1.99. The summed E-state index contributed by atoms with van der Waals surface area (Å²) < 4.78 is 37.6. The molecule has 2 aromatic rings. The summed E-state index contributed by atoms with van der Waals surface area (Å²) in [5, 5.41) is 9.60. The Kier molecular flexibility index (Phi) is 7.48. The number of benzene rings is 2.